The first kappa shape index (κ1) is 28.4. The van der Waals surface area contributed by atoms with Gasteiger partial charge in [-0.15, -0.1) is 0 Å². The Hall–Kier alpha value is -0.830. The smallest absolute Gasteiger partial charge is 0.330 e. The van der Waals surface area contributed by atoms with Crippen molar-refractivity contribution in [2.75, 3.05) is 20.6 Å². The largest absolute Gasteiger partial charge is 0.478 e. The first-order valence-electron chi connectivity index (χ1n) is 11.5. The van der Waals surface area contributed by atoms with Crippen LogP contribution in [0.15, 0.2) is 12.2 Å². The zero-order valence-corrected chi connectivity index (χ0v) is 19.0. The minimum absolute atomic E-state index is 0.299. The molecule has 1 N–H and O–H groups in total. The summed E-state index contributed by atoms with van der Waals surface area (Å²) in [7, 11) is 4.34. The van der Waals surface area contributed by atoms with Crippen LogP contribution in [0.25, 0.3) is 0 Å². The Morgan fingerprint density at radius 2 is 1.07 bits per heavy atom. The molecule has 0 aromatic carbocycles. The lowest BCUT2D eigenvalue weighted by atomic mass is 10.0. The lowest BCUT2D eigenvalue weighted by molar-refractivity contribution is -0.132. The van der Waals surface area contributed by atoms with Crippen LogP contribution in [0.3, 0.4) is 0 Å². The van der Waals surface area contributed by atoms with E-state index in [1.54, 1.807) is 0 Å². The summed E-state index contributed by atoms with van der Waals surface area (Å²) in [5.74, 6) is -0.883. The van der Waals surface area contributed by atoms with Crippen LogP contribution in [-0.4, -0.2) is 36.6 Å². The molecular weight excluding hydrogens is 334 g/mol. The Morgan fingerprint density at radius 1 is 0.704 bits per heavy atom. The maximum Gasteiger partial charge on any atom is 0.330 e. The van der Waals surface area contributed by atoms with E-state index < -0.39 is 5.97 Å². The highest BCUT2D eigenvalue weighted by Gasteiger charge is 1.99. The van der Waals surface area contributed by atoms with Gasteiger partial charge in [0.15, 0.2) is 0 Å². The summed E-state index contributed by atoms with van der Waals surface area (Å²) in [5, 5.41) is 8.21. The van der Waals surface area contributed by atoms with E-state index in [0.29, 0.717) is 12.0 Å². The van der Waals surface area contributed by atoms with Gasteiger partial charge in [-0.05, 0) is 33.5 Å². The van der Waals surface area contributed by atoms with Gasteiger partial charge in [0.2, 0.25) is 0 Å². The van der Waals surface area contributed by atoms with Gasteiger partial charge >= 0.3 is 5.97 Å². The molecule has 0 aromatic heterocycles. The molecule has 0 heterocycles. The topological polar surface area (TPSA) is 40.5 Å². The van der Waals surface area contributed by atoms with E-state index in [-0.39, 0.29) is 0 Å². The molecule has 0 radical (unpaired) electrons. The van der Waals surface area contributed by atoms with Crippen molar-refractivity contribution in [1.29, 1.82) is 0 Å². The summed E-state index contributed by atoms with van der Waals surface area (Å²) in [6.45, 7) is 8.82. The van der Waals surface area contributed by atoms with E-state index in [1.807, 2.05) is 6.92 Å². The Kier molecular flexibility index (Phi) is 24.4. The number of carboxylic acids is 1. The molecule has 3 heteroatoms. The van der Waals surface area contributed by atoms with Crippen molar-refractivity contribution in [2.45, 2.75) is 117 Å². The van der Waals surface area contributed by atoms with Crippen molar-refractivity contribution in [3.8, 4) is 0 Å². The van der Waals surface area contributed by atoms with Gasteiger partial charge in [0.1, 0.15) is 0 Å². The van der Waals surface area contributed by atoms with Crippen molar-refractivity contribution in [3.63, 3.8) is 0 Å². The van der Waals surface area contributed by atoms with Crippen LogP contribution in [0.5, 0.6) is 0 Å². The molecule has 0 amide bonds. The van der Waals surface area contributed by atoms with E-state index in [2.05, 4.69) is 32.5 Å². The SMILES string of the molecule is C=C(CCC)C(=O)O.CCCCCCCCCCCCCCCCN(C)C. The van der Waals surface area contributed by atoms with Crippen LogP contribution in [-0.2, 0) is 4.79 Å². The number of unbranched alkanes of at least 4 members (excludes halogenated alkanes) is 13. The Morgan fingerprint density at radius 3 is 1.33 bits per heavy atom. The maximum absolute atomic E-state index is 9.99. The van der Waals surface area contributed by atoms with Gasteiger partial charge in [-0.1, -0.05) is 110 Å². The van der Waals surface area contributed by atoms with E-state index in [4.69, 9.17) is 5.11 Å². The number of hydrogen-bond acceptors (Lipinski definition) is 2. The fourth-order valence-electron chi connectivity index (χ4n) is 3.03. The van der Waals surface area contributed by atoms with Crippen molar-refractivity contribution in [2.24, 2.45) is 0 Å². The highest BCUT2D eigenvalue weighted by molar-refractivity contribution is 5.85. The molecule has 0 aliphatic carbocycles. The van der Waals surface area contributed by atoms with Gasteiger partial charge in [-0.25, -0.2) is 4.79 Å². The zero-order chi connectivity index (χ0) is 20.8. The number of carbonyl (C=O) groups is 1. The fraction of sp³-hybridized carbons (Fsp3) is 0.875. The molecule has 0 fully saturated rings. The Balaban J connectivity index is 0. The zero-order valence-electron chi connectivity index (χ0n) is 19.0. The standard InChI is InChI=1S/C18H39N.C6H10O2/c1-4-5-6-7-8-9-10-11-12-13-14-15-16-17-18-19(2)3;1-3-4-5(2)6(7)8/h4-18H2,1-3H3;2-4H2,1H3,(H,7,8). The molecule has 27 heavy (non-hydrogen) atoms. The third-order valence-electron chi connectivity index (χ3n) is 4.81. The van der Waals surface area contributed by atoms with Crippen LogP contribution < -0.4 is 0 Å². The minimum atomic E-state index is -0.883. The Bertz CT molecular complexity index is 326. The molecule has 0 aromatic rings. The molecule has 3 nitrogen and oxygen atoms in total. The van der Waals surface area contributed by atoms with Crippen LogP contribution in [0.2, 0.25) is 0 Å². The normalized spacial score (nSPS) is 10.6. The molecule has 0 aliphatic rings. The molecule has 0 atom stereocenters. The summed E-state index contributed by atoms with van der Waals surface area (Å²) >= 11 is 0. The summed E-state index contributed by atoms with van der Waals surface area (Å²) in [6.07, 6.45) is 21.8. The van der Waals surface area contributed by atoms with Crippen LogP contribution >= 0.6 is 0 Å². The van der Waals surface area contributed by atoms with E-state index in [9.17, 15) is 4.79 Å². The molecule has 0 rings (SSSR count). The molecule has 0 saturated heterocycles. The summed E-state index contributed by atoms with van der Waals surface area (Å²) < 4.78 is 0. The second-order valence-corrected chi connectivity index (χ2v) is 8.06. The number of aliphatic carboxylic acids is 1. The highest BCUT2D eigenvalue weighted by Crippen LogP contribution is 2.12. The van der Waals surface area contributed by atoms with Crippen LogP contribution in [0, 0.1) is 0 Å². The fourth-order valence-corrected chi connectivity index (χ4v) is 3.03. The molecule has 0 aliphatic heterocycles. The van der Waals surface area contributed by atoms with Crippen molar-refractivity contribution in [3.05, 3.63) is 12.2 Å². The number of nitrogens with zero attached hydrogens (tertiary/aromatic N) is 1. The predicted octanol–water partition coefficient (Wildman–Crippen LogP) is 7.46. The van der Waals surface area contributed by atoms with E-state index in [1.165, 1.54) is 96.4 Å². The van der Waals surface area contributed by atoms with Gasteiger partial charge < -0.3 is 10.0 Å². The molecule has 0 saturated carbocycles. The quantitative estimate of drug-likeness (QED) is 0.197. The average Bonchev–Trinajstić information content (AvgIpc) is 2.62. The lowest BCUT2D eigenvalue weighted by Crippen LogP contribution is -2.12. The van der Waals surface area contributed by atoms with Gasteiger partial charge in [-0.2, -0.15) is 0 Å². The van der Waals surface area contributed by atoms with Gasteiger partial charge in [-0.3, -0.25) is 0 Å². The van der Waals surface area contributed by atoms with Gasteiger partial charge in [0.05, 0.1) is 0 Å². The highest BCUT2D eigenvalue weighted by atomic mass is 16.4. The van der Waals surface area contributed by atoms with Crippen molar-refractivity contribution < 1.29 is 9.90 Å². The first-order chi connectivity index (χ1) is 13.0. The third kappa shape index (κ3) is 27.5. The van der Waals surface area contributed by atoms with E-state index in [0.717, 1.165) is 6.42 Å². The third-order valence-corrected chi connectivity index (χ3v) is 4.81. The molecule has 162 valence electrons. The summed E-state index contributed by atoms with van der Waals surface area (Å²) in [4.78, 5) is 12.3. The number of rotatable bonds is 18. The van der Waals surface area contributed by atoms with E-state index >= 15 is 0 Å². The van der Waals surface area contributed by atoms with Crippen LogP contribution in [0.4, 0.5) is 0 Å². The van der Waals surface area contributed by atoms with Crippen molar-refractivity contribution in [1.82, 2.24) is 4.90 Å². The lowest BCUT2D eigenvalue weighted by Gasteiger charge is -2.08. The average molecular weight is 384 g/mol. The second-order valence-electron chi connectivity index (χ2n) is 8.06. The van der Waals surface area contributed by atoms with Crippen molar-refractivity contribution >= 4 is 5.97 Å². The molecule has 0 bridgehead atoms. The summed E-state index contributed by atoms with van der Waals surface area (Å²) in [5.41, 5.74) is 0.299. The molecule has 0 spiro atoms. The second kappa shape index (κ2) is 23.2. The molecule has 0 unspecified atom stereocenters. The monoisotopic (exact) mass is 383 g/mol. The van der Waals surface area contributed by atoms with Gasteiger partial charge in [0, 0.05) is 5.57 Å². The minimum Gasteiger partial charge on any atom is -0.478 e. The number of hydrogen-bond donors (Lipinski definition) is 1. The van der Waals surface area contributed by atoms with Crippen LogP contribution in [0.1, 0.15) is 117 Å². The van der Waals surface area contributed by atoms with Gasteiger partial charge in [0.25, 0.3) is 0 Å². The number of carboxylic acid groups (broad SMARTS) is 1. The predicted molar refractivity (Wildman–Crippen MR) is 121 cm³/mol. The Labute approximate surface area is 170 Å². The summed E-state index contributed by atoms with van der Waals surface area (Å²) in [6, 6.07) is 0. The first-order valence-corrected chi connectivity index (χ1v) is 11.5. The molecular formula is C24H49NO2. The maximum atomic E-state index is 9.99.